The van der Waals surface area contributed by atoms with Gasteiger partial charge in [0.25, 0.3) is 5.69 Å². The van der Waals surface area contributed by atoms with Crippen molar-refractivity contribution in [2.24, 2.45) is 0 Å². The van der Waals surface area contributed by atoms with E-state index in [1.807, 2.05) is 4.68 Å². The smallest absolute Gasteiger partial charge is 0.269 e. The van der Waals surface area contributed by atoms with Crippen LogP contribution in [0.4, 0.5) is 5.69 Å². The molecule has 1 atom stereocenters. The summed E-state index contributed by atoms with van der Waals surface area (Å²) >= 11 is 1.56. The molecule has 8 heteroatoms. The molecule has 3 rings (SSSR count). The van der Waals surface area contributed by atoms with Gasteiger partial charge in [-0.2, -0.15) is 0 Å². The van der Waals surface area contributed by atoms with Gasteiger partial charge in [0.05, 0.1) is 4.92 Å². The highest BCUT2D eigenvalue weighted by molar-refractivity contribution is 7.99. The highest BCUT2D eigenvalue weighted by Crippen LogP contribution is 2.38. The number of non-ortho nitro benzene ring substituents is 1. The van der Waals surface area contributed by atoms with Crippen LogP contribution in [-0.2, 0) is 6.42 Å². The molecule has 1 aromatic carbocycles. The minimum absolute atomic E-state index is 0.0110. The molecule has 0 aliphatic carbocycles. The Kier molecular flexibility index (Phi) is 3.31. The van der Waals surface area contributed by atoms with Crippen LogP contribution in [0, 0.1) is 10.1 Å². The maximum atomic E-state index is 10.6. The number of aryl methyl sites for hydroxylation is 1. The summed E-state index contributed by atoms with van der Waals surface area (Å²) in [5.74, 6) is 0.916. The van der Waals surface area contributed by atoms with Crippen LogP contribution in [-0.4, -0.2) is 19.8 Å². The molecule has 0 amide bonds. The van der Waals surface area contributed by atoms with Crippen LogP contribution in [0.5, 0.6) is 0 Å². The first-order valence-electron chi connectivity index (χ1n) is 6.31. The first-order chi connectivity index (χ1) is 9.69. The molecule has 0 saturated heterocycles. The van der Waals surface area contributed by atoms with E-state index in [4.69, 9.17) is 0 Å². The third-order valence-electron chi connectivity index (χ3n) is 3.05. The van der Waals surface area contributed by atoms with E-state index in [0.717, 1.165) is 29.4 Å². The molecular formula is C12H13N5O2S. The van der Waals surface area contributed by atoms with E-state index in [-0.39, 0.29) is 11.1 Å². The lowest BCUT2D eigenvalue weighted by Crippen LogP contribution is -2.15. The average molecular weight is 291 g/mol. The number of benzene rings is 1. The van der Waals surface area contributed by atoms with Gasteiger partial charge in [0.15, 0.2) is 5.82 Å². The summed E-state index contributed by atoms with van der Waals surface area (Å²) in [5.41, 5.74) is 4.40. The van der Waals surface area contributed by atoms with Crippen LogP contribution < -0.4 is 5.43 Å². The molecule has 20 heavy (non-hydrogen) atoms. The van der Waals surface area contributed by atoms with Crippen molar-refractivity contribution in [2.75, 3.05) is 5.43 Å². The Balaban J connectivity index is 1.79. The van der Waals surface area contributed by atoms with Crippen molar-refractivity contribution in [2.45, 2.75) is 30.3 Å². The number of nitro groups is 1. The minimum atomic E-state index is -0.396. The van der Waals surface area contributed by atoms with Crippen LogP contribution in [0.1, 0.15) is 30.1 Å². The fourth-order valence-electron chi connectivity index (χ4n) is 2.05. The molecule has 1 aromatic heterocycles. The topological polar surface area (TPSA) is 85.9 Å². The summed E-state index contributed by atoms with van der Waals surface area (Å²) in [6.45, 7) is 2.09. The predicted molar refractivity (Wildman–Crippen MR) is 75.1 cm³/mol. The standard InChI is InChI=1S/C12H13N5O2S/c1-2-3-10-13-14-12-16(10)15-11(20-12)8-4-6-9(7-5-8)17(18)19/h4-7,11,15H,2-3H2,1H3. The molecule has 1 N–H and O–H groups in total. The van der Waals surface area contributed by atoms with E-state index in [2.05, 4.69) is 22.5 Å². The van der Waals surface area contributed by atoms with Crippen LogP contribution in [0.15, 0.2) is 29.4 Å². The largest absolute Gasteiger partial charge is 0.304 e. The normalized spacial score (nSPS) is 16.8. The lowest BCUT2D eigenvalue weighted by molar-refractivity contribution is -0.384. The Labute approximate surface area is 119 Å². The summed E-state index contributed by atoms with van der Waals surface area (Å²) in [7, 11) is 0. The summed E-state index contributed by atoms with van der Waals surface area (Å²) in [6, 6.07) is 6.57. The van der Waals surface area contributed by atoms with Crippen molar-refractivity contribution >= 4 is 17.4 Å². The van der Waals surface area contributed by atoms with Crippen molar-refractivity contribution < 1.29 is 4.92 Å². The summed E-state index contributed by atoms with van der Waals surface area (Å²) in [4.78, 5) is 10.3. The quantitative estimate of drug-likeness (QED) is 0.688. The Bertz CT molecular complexity index is 640. The second-order valence-electron chi connectivity index (χ2n) is 4.46. The first kappa shape index (κ1) is 12.9. The molecule has 0 spiro atoms. The molecule has 2 aromatic rings. The number of thioether (sulfide) groups is 1. The minimum Gasteiger partial charge on any atom is -0.304 e. The highest BCUT2D eigenvalue weighted by atomic mass is 32.2. The number of aromatic nitrogens is 3. The van der Waals surface area contributed by atoms with E-state index in [1.165, 1.54) is 12.1 Å². The van der Waals surface area contributed by atoms with Gasteiger partial charge >= 0.3 is 0 Å². The molecule has 0 saturated carbocycles. The van der Waals surface area contributed by atoms with E-state index >= 15 is 0 Å². The number of hydrogen-bond donors (Lipinski definition) is 1. The molecule has 0 fully saturated rings. The molecular weight excluding hydrogens is 278 g/mol. The maximum absolute atomic E-state index is 10.6. The molecule has 1 aliphatic heterocycles. The van der Waals surface area contributed by atoms with E-state index in [0.29, 0.717) is 0 Å². The summed E-state index contributed by atoms with van der Waals surface area (Å²) in [5, 5.41) is 19.8. The highest BCUT2D eigenvalue weighted by Gasteiger charge is 2.27. The number of hydrogen-bond acceptors (Lipinski definition) is 6. The molecule has 2 heterocycles. The Morgan fingerprint density at radius 3 is 2.80 bits per heavy atom. The van der Waals surface area contributed by atoms with Crippen molar-refractivity contribution in [1.29, 1.82) is 0 Å². The second-order valence-corrected chi connectivity index (χ2v) is 5.53. The van der Waals surface area contributed by atoms with Crippen LogP contribution in [0.2, 0.25) is 0 Å². The van der Waals surface area contributed by atoms with Crippen molar-refractivity contribution in [3.05, 3.63) is 45.8 Å². The zero-order valence-corrected chi connectivity index (χ0v) is 11.6. The number of fused-ring (bicyclic) bond motifs is 1. The van der Waals surface area contributed by atoms with Crippen molar-refractivity contribution in [1.82, 2.24) is 14.9 Å². The molecule has 1 aliphatic rings. The summed E-state index contributed by atoms with van der Waals surface area (Å²) < 4.78 is 1.90. The lowest BCUT2D eigenvalue weighted by Gasteiger charge is -2.11. The Hall–Kier alpha value is -2.09. The Morgan fingerprint density at radius 2 is 2.15 bits per heavy atom. The zero-order valence-electron chi connectivity index (χ0n) is 10.8. The Morgan fingerprint density at radius 1 is 1.40 bits per heavy atom. The second kappa shape index (κ2) is 5.12. The number of nitrogens with zero attached hydrogens (tertiary/aromatic N) is 4. The first-order valence-corrected chi connectivity index (χ1v) is 7.19. The molecule has 0 radical (unpaired) electrons. The average Bonchev–Trinajstić information content (AvgIpc) is 3.01. The zero-order chi connectivity index (χ0) is 14.1. The van der Waals surface area contributed by atoms with Crippen molar-refractivity contribution in [3.63, 3.8) is 0 Å². The SMILES string of the molecule is CCCc1nnc2n1NC(c1ccc([N+](=O)[O-])cc1)S2. The van der Waals surface area contributed by atoms with Crippen LogP contribution in [0.25, 0.3) is 0 Å². The fourth-order valence-corrected chi connectivity index (χ4v) is 3.07. The maximum Gasteiger partial charge on any atom is 0.269 e. The van der Waals surface area contributed by atoms with Crippen LogP contribution >= 0.6 is 11.8 Å². The van der Waals surface area contributed by atoms with Crippen molar-refractivity contribution in [3.8, 4) is 0 Å². The predicted octanol–water partition coefficient (Wildman–Crippen LogP) is 2.49. The van der Waals surface area contributed by atoms with Gasteiger partial charge in [-0.05, 0) is 24.1 Å². The third kappa shape index (κ3) is 2.22. The van der Waals surface area contributed by atoms with Gasteiger partial charge in [-0.15, -0.1) is 10.2 Å². The van der Waals surface area contributed by atoms with Gasteiger partial charge in [-0.25, -0.2) is 4.68 Å². The molecule has 0 bridgehead atoms. The lowest BCUT2D eigenvalue weighted by atomic mass is 10.2. The van der Waals surface area contributed by atoms with Crippen LogP contribution in [0.3, 0.4) is 0 Å². The van der Waals surface area contributed by atoms with E-state index < -0.39 is 4.92 Å². The third-order valence-corrected chi connectivity index (χ3v) is 4.14. The van der Waals surface area contributed by atoms with Gasteiger partial charge in [0, 0.05) is 18.6 Å². The summed E-state index contributed by atoms with van der Waals surface area (Å²) in [6.07, 6.45) is 1.88. The molecule has 1 unspecified atom stereocenters. The van der Waals surface area contributed by atoms with E-state index in [1.54, 1.807) is 23.9 Å². The van der Waals surface area contributed by atoms with Gasteiger partial charge in [-0.3, -0.25) is 10.1 Å². The number of nitrogens with one attached hydrogen (secondary N) is 1. The van der Waals surface area contributed by atoms with E-state index in [9.17, 15) is 10.1 Å². The number of rotatable bonds is 4. The van der Waals surface area contributed by atoms with Gasteiger partial charge in [0.2, 0.25) is 5.16 Å². The van der Waals surface area contributed by atoms with Gasteiger partial charge in [-0.1, -0.05) is 18.7 Å². The van der Waals surface area contributed by atoms with Gasteiger partial charge in [0.1, 0.15) is 5.37 Å². The fraction of sp³-hybridized carbons (Fsp3) is 0.333. The molecule has 104 valence electrons. The number of nitro benzene ring substituents is 1. The molecule has 7 nitrogen and oxygen atoms in total. The monoisotopic (exact) mass is 291 g/mol. The van der Waals surface area contributed by atoms with Gasteiger partial charge < -0.3 is 5.43 Å².